The molecule has 0 fully saturated rings. The van der Waals surface area contributed by atoms with Gasteiger partial charge in [-0.05, 0) is 34.1 Å². The van der Waals surface area contributed by atoms with Gasteiger partial charge in [0.1, 0.15) is 5.75 Å². The predicted octanol–water partition coefficient (Wildman–Crippen LogP) is 4.73. The maximum atomic E-state index is 5.88. The first-order valence-electron chi connectivity index (χ1n) is 6.18. The van der Waals surface area contributed by atoms with Crippen molar-refractivity contribution in [2.45, 2.75) is 6.61 Å². The van der Waals surface area contributed by atoms with E-state index < -0.39 is 0 Å². The molecule has 0 amide bonds. The van der Waals surface area contributed by atoms with Crippen molar-refractivity contribution < 1.29 is 9.26 Å². The maximum absolute atomic E-state index is 5.88. The van der Waals surface area contributed by atoms with Crippen LogP contribution in [-0.2, 0) is 6.61 Å². The highest BCUT2D eigenvalue weighted by molar-refractivity contribution is 9.10. The molecule has 6 heteroatoms. The van der Waals surface area contributed by atoms with Gasteiger partial charge in [-0.15, -0.1) is 0 Å². The molecule has 106 valence electrons. The van der Waals surface area contributed by atoms with Gasteiger partial charge >= 0.3 is 0 Å². The Kier molecular flexibility index (Phi) is 4.22. The van der Waals surface area contributed by atoms with Crippen molar-refractivity contribution in [3.05, 3.63) is 63.9 Å². The van der Waals surface area contributed by atoms with Crippen molar-refractivity contribution in [3.63, 3.8) is 0 Å². The number of rotatable bonds is 4. The number of aromatic nitrogens is 2. The lowest BCUT2D eigenvalue weighted by molar-refractivity contribution is 0.242. The fourth-order valence-corrected chi connectivity index (χ4v) is 2.55. The second-order valence-electron chi connectivity index (χ2n) is 4.24. The third kappa shape index (κ3) is 3.43. The number of ether oxygens (including phenoxy) is 1. The molecule has 0 bridgehead atoms. The van der Waals surface area contributed by atoms with E-state index in [1.165, 1.54) is 0 Å². The summed E-state index contributed by atoms with van der Waals surface area (Å²) in [7, 11) is 0. The van der Waals surface area contributed by atoms with E-state index in [9.17, 15) is 0 Å². The monoisotopic (exact) mass is 364 g/mol. The summed E-state index contributed by atoms with van der Waals surface area (Å²) < 4.78 is 11.6. The van der Waals surface area contributed by atoms with Gasteiger partial charge in [0.05, 0.1) is 4.47 Å². The molecule has 0 unspecified atom stereocenters. The Labute approximate surface area is 134 Å². The number of hydrogen-bond donors (Lipinski definition) is 0. The van der Waals surface area contributed by atoms with E-state index in [4.69, 9.17) is 20.9 Å². The van der Waals surface area contributed by atoms with Crippen molar-refractivity contribution >= 4 is 27.5 Å². The van der Waals surface area contributed by atoms with Gasteiger partial charge in [-0.3, -0.25) is 0 Å². The second-order valence-corrected chi connectivity index (χ2v) is 5.53. The molecular formula is C15H10BrClN2O2. The molecule has 0 radical (unpaired) electrons. The van der Waals surface area contributed by atoms with Gasteiger partial charge in [-0.1, -0.05) is 47.1 Å². The van der Waals surface area contributed by atoms with Gasteiger partial charge in [0, 0.05) is 10.6 Å². The van der Waals surface area contributed by atoms with E-state index >= 15 is 0 Å². The van der Waals surface area contributed by atoms with Gasteiger partial charge in [0.25, 0.3) is 5.89 Å². The lowest BCUT2D eigenvalue weighted by Crippen LogP contribution is -1.96. The Bertz CT molecular complexity index is 746. The molecule has 3 rings (SSSR count). The topological polar surface area (TPSA) is 48.2 Å². The van der Waals surface area contributed by atoms with E-state index in [0.29, 0.717) is 22.5 Å². The molecule has 1 heterocycles. The lowest BCUT2D eigenvalue weighted by Gasteiger charge is -2.05. The number of benzene rings is 2. The molecule has 0 aliphatic rings. The van der Waals surface area contributed by atoms with Gasteiger partial charge < -0.3 is 9.26 Å². The van der Waals surface area contributed by atoms with Gasteiger partial charge in [-0.25, -0.2) is 0 Å². The van der Waals surface area contributed by atoms with Crippen LogP contribution in [0.1, 0.15) is 5.89 Å². The van der Waals surface area contributed by atoms with Crippen LogP contribution in [0, 0.1) is 0 Å². The van der Waals surface area contributed by atoms with E-state index in [1.807, 2.05) is 30.3 Å². The van der Waals surface area contributed by atoms with Crippen LogP contribution in [-0.4, -0.2) is 10.1 Å². The van der Waals surface area contributed by atoms with Crippen molar-refractivity contribution in [2.75, 3.05) is 0 Å². The SMILES string of the molecule is Clc1ccc(OCc2nc(-c3ccccc3)no2)c(Br)c1. The molecule has 0 atom stereocenters. The molecule has 3 aromatic rings. The van der Waals surface area contributed by atoms with Crippen LogP contribution in [0.4, 0.5) is 0 Å². The van der Waals surface area contributed by atoms with Crippen LogP contribution in [0.2, 0.25) is 5.02 Å². The zero-order valence-corrected chi connectivity index (χ0v) is 13.1. The molecule has 0 aliphatic heterocycles. The van der Waals surface area contributed by atoms with Gasteiger partial charge in [-0.2, -0.15) is 4.98 Å². The van der Waals surface area contributed by atoms with Gasteiger partial charge in [0.2, 0.25) is 5.82 Å². The first-order valence-corrected chi connectivity index (χ1v) is 7.35. The maximum Gasteiger partial charge on any atom is 0.264 e. The Hall–Kier alpha value is -1.85. The summed E-state index contributed by atoms with van der Waals surface area (Å²) in [4.78, 5) is 4.30. The first kappa shape index (κ1) is 14.1. The quantitative estimate of drug-likeness (QED) is 0.670. The van der Waals surface area contributed by atoms with E-state index in [0.717, 1.165) is 10.0 Å². The molecule has 0 saturated carbocycles. The molecular weight excluding hydrogens is 356 g/mol. The Morgan fingerprint density at radius 1 is 1.14 bits per heavy atom. The summed E-state index contributed by atoms with van der Waals surface area (Å²) in [5, 5.41) is 4.57. The molecule has 2 aromatic carbocycles. The standard InChI is InChI=1S/C15H10BrClN2O2/c16-12-8-11(17)6-7-13(12)20-9-14-18-15(19-21-14)10-4-2-1-3-5-10/h1-8H,9H2. The molecule has 0 spiro atoms. The minimum Gasteiger partial charge on any atom is -0.483 e. The zero-order chi connectivity index (χ0) is 14.7. The summed E-state index contributed by atoms with van der Waals surface area (Å²) in [6.45, 7) is 0.195. The van der Waals surface area contributed by atoms with E-state index in [2.05, 4.69) is 26.1 Å². The summed E-state index contributed by atoms with van der Waals surface area (Å²) in [5.74, 6) is 1.62. The third-order valence-electron chi connectivity index (χ3n) is 2.75. The Balaban J connectivity index is 1.70. The minimum atomic E-state index is 0.195. The summed E-state index contributed by atoms with van der Waals surface area (Å²) >= 11 is 9.27. The largest absolute Gasteiger partial charge is 0.483 e. The highest BCUT2D eigenvalue weighted by Gasteiger charge is 2.10. The summed E-state index contributed by atoms with van der Waals surface area (Å²) in [5.41, 5.74) is 0.903. The number of halogens is 2. The zero-order valence-electron chi connectivity index (χ0n) is 10.8. The molecule has 0 N–H and O–H groups in total. The average molecular weight is 366 g/mol. The second kappa shape index (κ2) is 6.28. The Morgan fingerprint density at radius 3 is 2.71 bits per heavy atom. The Morgan fingerprint density at radius 2 is 1.95 bits per heavy atom. The van der Waals surface area contributed by atoms with Crippen LogP contribution in [0.25, 0.3) is 11.4 Å². The fraction of sp³-hybridized carbons (Fsp3) is 0.0667. The molecule has 0 aliphatic carbocycles. The minimum absolute atomic E-state index is 0.195. The lowest BCUT2D eigenvalue weighted by atomic mass is 10.2. The molecule has 21 heavy (non-hydrogen) atoms. The van der Waals surface area contributed by atoms with Crippen molar-refractivity contribution in [1.82, 2.24) is 10.1 Å². The van der Waals surface area contributed by atoms with Crippen LogP contribution in [0.5, 0.6) is 5.75 Å². The van der Waals surface area contributed by atoms with Crippen molar-refractivity contribution in [3.8, 4) is 17.1 Å². The molecule has 0 saturated heterocycles. The smallest absolute Gasteiger partial charge is 0.264 e. The summed E-state index contributed by atoms with van der Waals surface area (Å²) in [6, 6.07) is 14.9. The number of hydrogen-bond acceptors (Lipinski definition) is 4. The van der Waals surface area contributed by atoms with Crippen molar-refractivity contribution in [2.24, 2.45) is 0 Å². The third-order valence-corrected chi connectivity index (χ3v) is 3.60. The summed E-state index contributed by atoms with van der Waals surface area (Å²) in [6.07, 6.45) is 0. The van der Waals surface area contributed by atoms with Crippen LogP contribution in [0.3, 0.4) is 0 Å². The van der Waals surface area contributed by atoms with Gasteiger partial charge in [0.15, 0.2) is 6.61 Å². The highest BCUT2D eigenvalue weighted by Crippen LogP contribution is 2.28. The normalized spacial score (nSPS) is 10.6. The first-order chi connectivity index (χ1) is 10.2. The van der Waals surface area contributed by atoms with E-state index in [-0.39, 0.29) is 6.61 Å². The average Bonchev–Trinajstić information content (AvgIpc) is 2.96. The van der Waals surface area contributed by atoms with Crippen LogP contribution < -0.4 is 4.74 Å². The number of nitrogens with zero attached hydrogens (tertiary/aromatic N) is 2. The fourth-order valence-electron chi connectivity index (χ4n) is 1.75. The molecule has 4 nitrogen and oxygen atoms in total. The predicted molar refractivity (Wildman–Crippen MR) is 83.2 cm³/mol. The van der Waals surface area contributed by atoms with E-state index in [1.54, 1.807) is 18.2 Å². The van der Waals surface area contributed by atoms with Crippen LogP contribution in [0.15, 0.2) is 57.5 Å². The highest BCUT2D eigenvalue weighted by atomic mass is 79.9. The van der Waals surface area contributed by atoms with Crippen molar-refractivity contribution in [1.29, 1.82) is 0 Å². The van der Waals surface area contributed by atoms with Crippen LogP contribution >= 0.6 is 27.5 Å². The molecule has 1 aromatic heterocycles.